The number of methoxy groups -OCH3 is 1. The van der Waals surface area contributed by atoms with E-state index in [1.807, 2.05) is 12.1 Å². The summed E-state index contributed by atoms with van der Waals surface area (Å²) in [5, 5.41) is 3.46. The first-order valence-electron chi connectivity index (χ1n) is 6.59. The Hall–Kier alpha value is -0.930. The van der Waals surface area contributed by atoms with Crippen LogP contribution >= 0.6 is 0 Å². The molecule has 0 bridgehead atoms. The van der Waals surface area contributed by atoms with Gasteiger partial charge in [0.15, 0.2) is 0 Å². The summed E-state index contributed by atoms with van der Waals surface area (Å²) in [6, 6.07) is 6.95. The molecule has 3 heteroatoms. The number of nitrogens with one attached hydrogen (secondary N) is 1. The fourth-order valence-electron chi connectivity index (χ4n) is 2.34. The van der Waals surface area contributed by atoms with Gasteiger partial charge >= 0.3 is 0 Å². The molecule has 0 heterocycles. The van der Waals surface area contributed by atoms with E-state index in [-0.39, 0.29) is 18.0 Å². The molecule has 2 unspecified atom stereocenters. The third kappa shape index (κ3) is 4.39. The number of ether oxygens (including phenoxy) is 1. The Morgan fingerprint density at radius 3 is 2.28 bits per heavy atom. The Labute approximate surface area is 110 Å². The maximum absolute atomic E-state index is 12.9. The van der Waals surface area contributed by atoms with Crippen LogP contribution in [0.4, 0.5) is 4.39 Å². The molecular weight excluding hydrogens is 229 g/mol. The van der Waals surface area contributed by atoms with Crippen molar-refractivity contribution in [2.24, 2.45) is 5.92 Å². The highest BCUT2D eigenvalue weighted by molar-refractivity contribution is 5.17. The van der Waals surface area contributed by atoms with E-state index in [0.717, 1.165) is 18.5 Å². The van der Waals surface area contributed by atoms with E-state index < -0.39 is 0 Å². The van der Waals surface area contributed by atoms with E-state index in [1.54, 1.807) is 7.11 Å². The summed E-state index contributed by atoms with van der Waals surface area (Å²) in [6.07, 6.45) is 1.01. The van der Waals surface area contributed by atoms with Gasteiger partial charge in [0.05, 0.1) is 6.10 Å². The van der Waals surface area contributed by atoms with E-state index in [0.29, 0.717) is 5.92 Å². The SMILES string of the molecule is CCNC(Cc1ccc(F)cc1)C(OC)C(C)C. The molecule has 1 aromatic carbocycles. The summed E-state index contributed by atoms with van der Waals surface area (Å²) in [6.45, 7) is 7.30. The first-order chi connectivity index (χ1) is 8.58. The molecular formula is C15H24FNO. The lowest BCUT2D eigenvalue weighted by Crippen LogP contribution is -2.45. The average Bonchev–Trinajstić information content (AvgIpc) is 2.32. The Morgan fingerprint density at radius 1 is 1.22 bits per heavy atom. The number of rotatable bonds is 7. The van der Waals surface area contributed by atoms with E-state index in [1.165, 1.54) is 12.1 Å². The number of likely N-dealkylation sites (N-methyl/N-ethyl adjacent to an activating group) is 1. The quantitative estimate of drug-likeness (QED) is 0.806. The van der Waals surface area contributed by atoms with Gasteiger partial charge in [-0.2, -0.15) is 0 Å². The van der Waals surface area contributed by atoms with Gasteiger partial charge in [0.2, 0.25) is 0 Å². The highest BCUT2D eigenvalue weighted by Gasteiger charge is 2.23. The molecule has 18 heavy (non-hydrogen) atoms. The summed E-state index contributed by atoms with van der Waals surface area (Å²) in [4.78, 5) is 0. The number of halogens is 1. The molecule has 0 amide bonds. The Balaban J connectivity index is 2.75. The zero-order valence-electron chi connectivity index (χ0n) is 11.7. The van der Waals surface area contributed by atoms with Crippen molar-refractivity contribution in [1.82, 2.24) is 5.32 Å². The Morgan fingerprint density at radius 2 is 1.83 bits per heavy atom. The van der Waals surface area contributed by atoms with Crippen LogP contribution in [0.15, 0.2) is 24.3 Å². The first-order valence-corrected chi connectivity index (χ1v) is 6.59. The summed E-state index contributed by atoms with van der Waals surface area (Å²) in [7, 11) is 1.75. The second kappa shape index (κ2) is 7.49. The van der Waals surface area contributed by atoms with Gasteiger partial charge in [-0.1, -0.05) is 32.9 Å². The molecule has 0 saturated heterocycles. The van der Waals surface area contributed by atoms with Crippen molar-refractivity contribution in [3.05, 3.63) is 35.6 Å². The largest absolute Gasteiger partial charge is 0.380 e. The standard InChI is InChI=1S/C15H24FNO/c1-5-17-14(15(18-4)11(2)3)10-12-6-8-13(16)9-7-12/h6-9,11,14-15,17H,5,10H2,1-4H3. The van der Waals surface area contributed by atoms with Crippen LogP contribution in [0.25, 0.3) is 0 Å². The van der Waals surface area contributed by atoms with Crippen molar-refractivity contribution in [2.75, 3.05) is 13.7 Å². The monoisotopic (exact) mass is 253 g/mol. The normalized spacial score (nSPS) is 14.8. The molecule has 0 radical (unpaired) electrons. The maximum atomic E-state index is 12.9. The predicted molar refractivity (Wildman–Crippen MR) is 73.2 cm³/mol. The summed E-state index contributed by atoms with van der Waals surface area (Å²) >= 11 is 0. The van der Waals surface area contributed by atoms with Gasteiger partial charge in [-0.05, 0) is 36.6 Å². The van der Waals surface area contributed by atoms with Crippen molar-refractivity contribution >= 4 is 0 Å². The molecule has 0 aliphatic carbocycles. The predicted octanol–water partition coefficient (Wildman–Crippen LogP) is 3.02. The fraction of sp³-hybridized carbons (Fsp3) is 0.600. The first kappa shape index (κ1) is 15.1. The molecule has 1 rings (SSSR count). The molecule has 1 aromatic rings. The van der Waals surface area contributed by atoms with Crippen LogP contribution < -0.4 is 5.32 Å². The molecule has 1 N–H and O–H groups in total. The minimum Gasteiger partial charge on any atom is -0.380 e. The van der Waals surface area contributed by atoms with Crippen LogP contribution in [0.1, 0.15) is 26.3 Å². The minimum atomic E-state index is -0.189. The lowest BCUT2D eigenvalue weighted by Gasteiger charge is -2.29. The second-order valence-corrected chi connectivity index (χ2v) is 4.94. The summed E-state index contributed by atoms with van der Waals surface area (Å²) < 4.78 is 18.5. The van der Waals surface area contributed by atoms with Gasteiger partial charge in [-0.3, -0.25) is 0 Å². The molecule has 0 saturated carbocycles. The second-order valence-electron chi connectivity index (χ2n) is 4.94. The zero-order chi connectivity index (χ0) is 13.5. The third-order valence-corrected chi connectivity index (χ3v) is 3.16. The lowest BCUT2D eigenvalue weighted by atomic mass is 9.94. The third-order valence-electron chi connectivity index (χ3n) is 3.16. The van der Waals surface area contributed by atoms with Gasteiger partial charge in [0.1, 0.15) is 5.82 Å². The van der Waals surface area contributed by atoms with Gasteiger partial charge < -0.3 is 10.1 Å². The van der Waals surface area contributed by atoms with Crippen LogP contribution in [0.2, 0.25) is 0 Å². The average molecular weight is 253 g/mol. The van der Waals surface area contributed by atoms with Crippen molar-refractivity contribution in [3.63, 3.8) is 0 Å². The van der Waals surface area contributed by atoms with E-state index >= 15 is 0 Å². The van der Waals surface area contributed by atoms with Crippen LogP contribution in [0, 0.1) is 11.7 Å². The fourth-order valence-corrected chi connectivity index (χ4v) is 2.34. The zero-order valence-corrected chi connectivity index (χ0v) is 11.7. The number of hydrogen-bond donors (Lipinski definition) is 1. The molecule has 2 atom stereocenters. The molecule has 0 spiro atoms. The number of hydrogen-bond acceptors (Lipinski definition) is 2. The van der Waals surface area contributed by atoms with Gasteiger partial charge in [-0.25, -0.2) is 4.39 Å². The van der Waals surface area contributed by atoms with Crippen molar-refractivity contribution < 1.29 is 9.13 Å². The van der Waals surface area contributed by atoms with Crippen LogP contribution in [0.5, 0.6) is 0 Å². The lowest BCUT2D eigenvalue weighted by molar-refractivity contribution is 0.0337. The highest BCUT2D eigenvalue weighted by atomic mass is 19.1. The topological polar surface area (TPSA) is 21.3 Å². The molecule has 0 aliphatic heterocycles. The van der Waals surface area contributed by atoms with Crippen LogP contribution in [-0.2, 0) is 11.2 Å². The number of benzene rings is 1. The van der Waals surface area contributed by atoms with E-state index in [4.69, 9.17) is 4.74 Å². The molecule has 102 valence electrons. The Kier molecular flexibility index (Phi) is 6.30. The maximum Gasteiger partial charge on any atom is 0.123 e. The summed E-state index contributed by atoms with van der Waals surface area (Å²) in [5.74, 6) is 0.255. The van der Waals surface area contributed by atoms with Gasteiger partial charge in [-0.15, -0.1) is 0 Å². The highest BCUT2D eigenvalue weighted by Crippen LogP contribution is 2.15. The van der Waals surface area contributed by atoms with Crippen molar-refractivity contribution in [3.8, 4) is 0 Å². The molecule has 0 aliphatic rings. The minimum absolute atomic E-state index is 0.162. The van der Waals surface area contributed by atoms with Crippen LogP contribution in [0.3, 0.4) is 0 Å². The van der Waals surface area contributed by atoms with E-state index in [2.05, 4.69) is 26.1 Å². The molecule has 2 nitrogen and oxygen atoms in total. The Bertz CT molecular complexity index is 337. The molecule has 0 aromatic heterocycles. The van der Waals surface area contributed by atoms with Gasteiger partial charge in [0.25, 0.3) is 0 Å². The van der Waals surface area contributed by atoms with Gasteiger partial charge in [0, 0.05) is 13.2 Å². The smallest absolute Gasteiger partial charge is 0.123 e. The van der Waals surface area contributed by atoms with Crippen molar-refractivity contribution in [1.29, 1.82) is 0 Å². The van der Waals surface area contributed by atoms with Crippen molar-refractivity contribution in [2.45, 2.75) is 39.3 Å². The molecule has 0 fully saturated rings. The van der Waals surface area contributed by atoms with Crippen LogP contribution in [-0.4, -0.2) is 25.8 Å². The van der Waals surface area contributed by atoms with E-state index in [9.17, 15) is 4.39 Å². The summed E-state index contributed by atoms with van der Waals surface area (Å²) in [5.41, 5.74) is 1.13.